The molecule has 0 atom stereocenters. The summed E-state index contributed by atoms with van der Waals surface area (Å²) in [5.41, 5.74) is 0. The van der Waals surface area contributed by atoms with Gasteiger partial charge in [-0.05, 0) is 6.42 Å². The zero-order chi connectivity index (χ0) is 18.6. The van der Waals surface area contributed by atoms with Crippen molar-refractivity contribution in [2.45, 2.75) is 110 Å². The highest BCUT2D eigenvalue weighted by Crippen LogP contribution is 2.15. The van der Waals surface area contributed by atoms with E-state index in [1.54, 1.807) is 21.3 Å². The minimum absolute atomic E-state index is 0.168. The second-order valence-electron chi connectivity index (χ2n) is 7.19. The van der Waals surface area contributed by atoms with Crippen LogP contribution in [0.25, 0.3) is 0 Å². The molecule has 0 fully saturated rings. The molecule has 152 valence electrons. The summed E-state index contributed by atoms with van der Waals surface area (Å²) in [6.07, 6.45) is 22.1. The minimum Gasteiger partial charge on any atom is -0.135 e. The Hall–Kier alpha value is -0.160. The van der Waals surface area contributed by atoms with E-state index in [0.717, 1.165) is 13.0 Å². The third-order valence-electron chi connectivity index (χ3n) is 5.12. The molecule has 0 aliphatic heterocycles. The Bertz CT molecular complexity index is 249. The fraction of sp³-hybridized carbons (Fsp3) is 1.00. The van der Waals surface area contributed by atoms with E-state index in [4.69, 9.17) is 14.5 Å². The lowest BCUT2D eigenvalue weighted by atomic mass is 10.0. The molecule has 0 rings (SSSR count). The van der Waals surface area contributed by atoms with Gasteiger partial charge in [0.25, 0.3) is 0 Å². The second kappa shape index (κ2) is 18.6. The predicted octanol–water partition coefficient (Wildman–Crippen LogP) is 6.75. The summed E-state index contributed by atoms with van der Waals surface area (Å²) < 4.78 is 0. The van der Waals surface area contributed by atoms with Crippen LogP contribution in [0.1, 0.15) is 110 Å². The van der Waals surface area contributed by atoms with Crippen molar-refractivity contribution in [2.75, 3.05) is 27.9 Å². The first kappa shape index (κ1) is 24.8. The molecule has 0 saturated carbocycles. The minimum atomic E-state index is -0.168. The van der Waals surface area contributed by atoms with Gasteiger partial charge in [-0.3, -0.25) is 0 Å². The van der Waals surface area contributed by atoms with Crippen LogP contribution in [0.3, 0.4) is 0 Å². The summed E-state index contributed by atoms with van der Waals surface area (Å²) in [6.45, 7) is 3.02. The zero-order valence-corrected chi connectivity index (χ0v) is 17.7. The SMILES string of the molecule is CCCCCCCCCCCCCCCCCC[N+](OC)(OC)OC. The van der Waals surface area contributed by atoms with E-state index in [1.807, 2.05) is 0 Å². The van der Waals surface area contributed by atoms with Gasteiger partial charge in [-0.2, -0.15) is 0 Å². The lowest BCUT2D eigenvalue weighted by Gasteiger charge is -2.24. The van der Waals surface area contributed by atoms with Crippen molar-refractivity contribution in [3.63, 3.8) is 0 Å². The summed E-state index contributed by atoms with van der Waals surface area (Å²) in [5, 5.41) is 0. The van der Waals surface area contributed by atoms with Crippen LogP contribution in [-0.4, -0.2) is 32.8 Å². The Morgan fingerprint density at radius 2 is 0.720 bits per heavy atom. The van der Waals surface area contributed by atoms with Crippen LogP contribution in [-0.2, 0) is 14.5 Å². The molecule has 0 aliphatic rings. The smallest absolute Gasteiger partial charge is 0.135 e. The largest absolute Gasteiger partial charge is 0.178 e. The van der Waals surface area contributed by atoms with Crippen LogP contribution in [0, 0.1) is 0 Å². The highest BCUT2D eigenvalue weighted by molar-refractivity contribution is 4.49. The molecule has 0 bridgehead atoms. The van der Waals surface area contributed by atoms with Crippen LogP contribution in [0.2, 0.25) is 0 Å². The number of nitrogens with zero attached hydrogens (tertiary/aromatic N) is 1. The predicted molar refractivity (Wildman–Crippen MR) is 106 cm³/mol. The molecule has 0 aromatic carbocycles. The van der Waals surface area contributed by atoms with Crippen LogP contribution >= 0.6 is 0 Å². The molecule has 4 nitrogen and oxygen atoms in total. The molecule has 0 aromatic heterocycles. The van der Waals surface area contributed by atoms with E-state index < -0.39 is 0 Å². The fourth-order valence-electron chi connectivity index (χ4n) is 3.35. The van der Waals surface area contributed by atoms with Gasteiger partial charge in [-0.25, -0.2) is 0 Å². The van der Waals surface area contributed by atoms with Gasteiger partial charge in [-0.1, -0.05) is 96.8 Å². The average Bonchev–Trinajstić information content (AvgIpc) is 2.65. The highest BCUT2D eigenvalue weighted by Gasteiger charge is 2.29. The van der Waals surface area contributed by atoms with Gasteiger partial charge in [0.05, 0.1) is 4.97 Å². The molecular weight excluding hydrogens is 314 g/mol. The van der Waals surface area contributed by atoms with Crippen LogP contribution in [0.4, 0.5) is 0 Å². The normalized spacial score (nSPS) is 12.0. The maximum Gasteiger partial charge on any atom is 0.178 e. The van der Waals surface area contributed by atoms with Gasteiger partial charge in [-0.15, -0.1) is 14.5 Å². The summed E-state index contributed by atoms with van der Waals surface area (Å²) in [7, 11) is 4.83. The summed E-state index contributed by atoms with van der Waals surface area (Å²) in [6, 6.07) is 0. The van der Waals surface area contributed by atoms with Crippen LogP contribution < -0.4 is 0 Å². The van der Waals surface area contributed by atoms with Crippen molar-refractivity contribution >= 4 is 0 Å². The van der Waals surface area contributed by atoms with Gasteiger partial charge in [0, 0.05) is 6.42 Å². The van der Waals surface area contributed by atoms with E-state index in [9.17, 15) is 0 Å². The molecule has 0 amide bonds. The Labute approximate surface area is 157 Å². The zero-order valence-electron chi connectivity index (χ0n) is 17.7. The monoisotopic (exact) mass is 360 g/mol. The number of unbranched alkanes of at least 4 members (excludes halogenated alkanes) is 15. The molecule has 0 unspecified atom stereocenters. The Morgan fingerprint density at radius 3 is 1.00 bits per heavy atom. The first-order chi connectivity index (χ1) is 12.2. The number of hydroxylamine groups is 3. The molecular formula is C21H46NO3+. The third kappa shape index (κ3) is 14.7. The highest BCUT2D eigenvalue weighted by atomic mass is 17.2. The second-order valence-corrected chi connectivity index (χ2v) is 7.19. The first-order valence-corrected chi connectivity index (χ1v) is 10.8. The molecule has 0 radical (unpaired) electrons. The lowest BCUT2D eigenvalue weighted by Crippen LogP contribution is -2.45. The number of rotatable bonds is 20. The Kier molecular flexibility index (Phi) is 18.5. The van der Waals surface area contributed by atoms with E-state index >= 15 is 0 Å². The summed E-state index contributed by atoms with van der Waals surface area (Å²) in [4.78, 5) is 15.6. The quantitative estimate of drug-likeness (QED) is 0.136. The number of hydrogen-bond donors (Lipinski definition) is 0. The fourth-order valence-corrected chi connectivity index (χ4v) is 3.35. The van der Waals surface area contributed by atoms with Crippen molar-refractivity contribution in [3.8, 4) is 0 Å². The summed E-state index contributed by atoms with van der Waals surface area (Å²) >= 11 is 0. The van der Waals surface area contributed by atoms with Crippen molar-refractivity contribution in [1.82, 2.24) is 0 Å². The van der Waals surface area contributed by atoms with Crippen molar-refractivity contribution in [3.05, 3.63) is 0 Å². The number of hydrogen-bond acceptors (Lipinski definition) is 3. The lowest BCUT2D eigenvalue weighted by molar-refractivity contribution is -1.36. The van der Waals surface area contributed by atoms with Gasteiger partial charge in [0.1, 0.15) is 21.3 Å². The molecule has 0 aromatic rings. The van der Waals surface area contributed by atoms with Crippen LogP contribution in [0.5, 0.6) is 0 Å². The van der Waals surface area contributed by atoms with E-state index in [-0.39, 0.29) is 4.97 Å². The van der Waals surface area contributed by atoms with Gasteiger partial charge in [0.15, 0.2) is 6.54 Å². The number of quaternary nitrogens is 1. The van der Waals surface area contributed by atoms with E-state index in [2.05, 4.69) is 6.92 Å². The van der Waals surface area contributed by atoms with Gasteiger partial charge >= 0.3 is 0 Å². The van der Waals surface area contributed by atoms with Gasteiger partial charge < -0.3 is 0 Å². The average molecular weight is 361 g/mol. The maximum atomic E-state index is 5.25. The molecule has 0 saturated heterocycles. The van der Waals surface area contributed by atoms with E-state index in [0.29, 0.717) is 0 Å². The van der Waals surface area contributed by atoms with E-state index in [1.165, 1.54) is 96.3 Å². The van der Waals surface area contributed by atoms with Crippen LogP contribution in [0.15, 0.2) is 0 Å². The van der Waals surface area contributed by atoms with Crippen molar-refractivity contribution in [1.29, 1.82) is 0 Å². The molecule has 25 heavy (non-hydrogen) atoms. The summed E-state index contributed by atoms with van der Waals surface area (Å²) in [5.74, 6) is 0. The standard InChI is InChI=1S/C21H46NO3/c1-5-6-7-8-9-10-11-12-13-14-15-16-17-18-19-20-21-22(23-2,24-3)25-4/h5-21H2,1-4H3/q+1. The van der Waals surface area contributed by atoms with Gasteiger partial charge in [0.2, 0.25) is 0 Å². The maximum absolute atomic E-state index is 5.25. The van der Waals surface area contributed by atoms with Crippen molar-refractivity contribution in [2.24, 2.45) is 0 Å². The molecule has 0 aliphatic carbocycles. The molecule has 0 N–H and O–H groups in total. The first-order valence-electron chi connectivity index (χ1n) is 10.8. The topological polar surface area (TPSA) is 27.7 Å². The van der Waals surface area contributed by atoms with Crippen molar-refractivity contribution < 1.29 is 19.5 Å². The molecule has 0 spiro atoms. The third-order valence-corrected chi connectivity index (χ3v) is 5.12. The molecule has 4 heteroatoms. The Morgan fingerprint density at radius 1 is 0.440 bits per heavy atom. The Balaban J connectivity index is 3.21. The molecule has 0 heterocycles.